The second kappa shape index (κ2) is 10.1. The maximum atomic E-state index is 12.9. The monoisotopic (exact) mass is 375 g/mol. The SMILES string of the molecule is COP(=O)(OC)[C@@H](N=[N+]=[N-])[C@H](Cc1ccccc1)OCc1ccccc1. The molecule has 26 heavy (non-hydrogen) atoms. The molecule has 8 heteroatoms. The molecule has 0 saturated heterocycles. The van der Waals surface area contributed by atoms with E-state index in [4.69, 9.17) is 19.3 Å². The van der Waals surface area contributed by atoms with Gasteiger partial charge in [-0.15, -0.1) is 0 Å². The van der Waals surface area contributed by atoms with Gasteiger partial charge in [-0.05, 0) is 23.1 Å². The minimum absolute atomic E-state index is 0.281. The topological polar surface area (TPSA) is 93.5 Å². The lowest BCUT2D eigenvalue weighted by atomic mass is 10.1. The fourth-order valence-electron chi connectivity index (χ4n) is 2.56. The van der Waals surface area contributed by atoms with Gasteiger partial charge in [-0.3, -0.25) is 4.57 Å². The van der Waals surface area contributed by atoms with Crippen molar-refractivity contribution in [2.75, 3.05) is 14.2 Å². The van der Waals surface area contributed by atoms with Crippen molar-refractivity contribution < 1.29 is 18.3 Å². The number of nitrogens with zero attached hydrogens (tertiary/aromatic N) is 3. The van der Waals surface area contributed by atoms with Crippen molar-refractivity contribution in [3.8, 4) is 0 Å². The van der Waals surface area contributed by atoms with Crippen molar-refractivity contribution >= 4 is 7.60 Å². The van der Waals surface area contributed by atoms with Crippen molar-refractivity contribution in [1.29, 1.82) is 0 Å². The van der Waals surface area contributed by atoms with E-state index in [9.17, 15) is 4.57 Å². The van der Waals surface area contributed by atoms with Crippen LogP contribution in [0.4, 0.5) is 0 Å². The maximum absolute atomic E-state index is 12.9. The zero-order chi connectivity index (χ0) is 18.8. The Labute approximate surface area is 153 Å². The molecule has 0 aliphatic carbocycles. The number of azide groups is 1. The standard InChI is InChI=1S/C18H22N3O4P/c1-23-26(22,24-2)18(20-21-19)17(13-15-9-5-3-6-10-15)25-14-16-11-7-4-8-12-16/h3-12,17-18H,13-14H2,1-2H3/t17-,18+/m0/s1. The molecule has 2 atom stereocenters. The summed E-state index contributed by atoms with van der Waals surface area (Å²) < 4.78 is 29.0. The zero-order valence-corrected chi connectivity index (χ0v) is 15.7. The first-order valence-electron chi connectivity index (χ1n) is 8.08. The van der Waals surface area contributed by atoms with Crippen LogP contribution in [0.25, 0.3) is 10.4 Å². The van der Waals surface area contributed by atoms with Gasteiger partial charge in [0.25, 0.3) is 0 Å². The zero-order valence-electron chi connectivity index (χ0n) is 14.8. The molecule has 0 radical (unpaired) electrons. The summed E-state index contributed by atoms with van der Waals surface area (Å²) in [5, 5.41) is 3.69. The van der Waals surface area contributed by atoms with Crippen molar-refractivity contribution in [3.05, 3.63) is 82.2 Å². The van der Waals surface area contributed by atoms with Crippen LogP contribution in [0.1, 0.15) is 11.1 Å². The molecule has 138 valence electrons. The van der Waals surface area contributed by atoms with Crippen LogP contribution < -0.4 is 0 Å². The Kier molecular flexibility index (Phi) is 7.85. The van der Waals surface area contributed by atoms with Crippen LogP contribution >= 0.6 is 7.60 Å². The van der Waals surface area contributed by atoms with Gasteiger partial charge in [-0.2, -0.15) is 0 Å². The van der Waals surface area contributed by atoms with Crippen molar-refractivity contribution in [2.45, 2.75) is 24.9 Å². The van der Waals surface area contributed by atoms with Crippen LogP contribution in [-0.2, 0) is 31.4 Å². The maximum Gasteiger partial charge on any atom is 0.341 e. The van der Waals surface area contributed by atoms with Crippen LogP contribution in [0, 0.1) is 0 Å². The Balaban J connectivity index is 2.30. The fraction of sp³-hybridized carbons (Fsp3) is 0.333. The highest BCUT2D eigenvalue weighted by Gasteiger charge is 2.40. The summed E-state index contributed by atoms with van der Waals surface area (Å²) in [7, 11) is -1.14. The Bertz CT molecular complexity index is 759. The molecule has 0 spiro atoms. The van der Waals surface area contributed by atoms with E-state index in [2.05, 4.69) is 10.0 Å². The average molecular weight is 375 g/mol. The highest BCUT2D eigenvalue weighted by atomic mass is 31.2. The molecule has 0 fully saturated rings. The Hall–Kier alpha value is -2.14. The first-order chi connectivity index (χ1) is 12.6. The summed E-state index contributed by atoms with van der Waals surface area (Å²) in [5.74, 6) is -1.11. The van der Waals surface area contributed by atoms with Gasteiger partial charge in [-0.1, -0.05) is 65.8 Å². The molecule has 0 saturated carbocycles. The van der Waals surface area contributed by atoms with E-state index < -0.39 is 19.5 Å². The summed E-state index contributed by atoms with van der Waals surface area (Å²) in [6.45, 7) is 0.281. The molecule has 7 nitrogen and oxygen atoms in total. The lowest BCUT2D eigenvalue weighted by Crippen LogP contribution is -2.30. The normalized spacial score (nSPS) is 13.6. The molecule has 0 aliphatic heterocycles. The van der Waals surface area contributed by atoms with Crippen LogP contribution in [0.2, 0.25) is 0 Å². The molecule has 0 heterocycles. The Morgan fingerprint density at radius 2 is 1.54 bits per heavy atom. The summed E-state index contributed by atoms with van der Waals surface area (Å²) in [6, 6.07) is 19.1. The van der Waals surface area contributed by atoms with Crippen LogP contribution in [-0.4, -0.2) is 26.1 Å². The second-order valence-electron chi connectivity index (χ2n) is 5.55. The number of ether oxygens (including phenoxy) is 1. The Morgan fingerprint density at radius 3 is 2.04 bits per heavy atom. The van der Waals surface area contributed by atoms with Gasteiger partial charge in [0.05, 0.1) is 12.7 Å². The van der Waals surface area contributed by atoms with E-state index in [1.54, 1.807) is 0 Å². The van der Waals surface area contributed by atoms with E-state index in [1.807, 2.05) is 60.7 Å². The van der Waals surface area contributed by atoms with Crippen molar-refractivity contribution in [1.82, 2.24) is 0 Å². The molecule has 0 aromatic heterocycles. The number of rotatable bonds is 10. The fourth-order valence-corrected chi connectivity index (χ4v) is 3.91. The summed E-state index contributed by atoms with van der Waals surface area (Å²) in [5.41, 5.74) is 10.9. The quantitative estimate of drug-likeness (QED) is 0.254. The summed E-state index contributed by atoms with van der Waals surface area (Å²) in [4.78, 5) is 2.83. The molecule has 0 aliphatic rings. The molecule has 2 aromatic carbocycles. The molecule has 0 unspecified atom stereocenters. The van der Waals surface area contributed by atoms with Crippen molar-refractivity contribution in [3.63, 3.8) is 0 Å². The second-order valence-corrected chi connectivity index (χ2v) is 7.89. The summed E-state index contributed by atoms with van der Waals surface area (Å²) >= 11 is 0. The third-order valence-corrected chi connectivity index (χ3v) is 6.02. The van der Waals surface area contributed by atoms with Gasteiger partial charge >= 0.3 is 7.60 Å². The van der Waals surface area contributed by atoms with E-state index in [-0.39, 0.29) is 6.61 Å². The smallest absolute Gasteiger partial charge is 0.341 e. The number of hydrogen-bond acceptors (Lipinski definition) is 5. The van der Waals surface area contributed by atoms with Gasteiger partial charge in [0.1, 0.15) is 0 Å². The Morgan fingerprint density at radius 1 is 1.00 bits per heavy atom. The van der Waals surface area contributed by atoms with E-state index >= 15 is 0 Å². The minimum Gasteiger partial charge on any atom is -0.372 e. The highest BCUT2D eigenvalue weighted by molar-refractivity contribution is 7.54. The first kappa shape index (κ1) is 20.2. The predicted molar refractivity (Wildman–Crippen MR) is 99.7 cm³/mol. The van der Waals surface area contributed by atoms with Gasteiger partial charge in [-0.25, -0.2) is 0 Å². The lowest BCUT2D eigenvalue weighted by molar-refractivity contribution is 0.0327. The third kappa shape index (κ3) is 5.43. The minimum atomic E-state index is -3.67. The molecule has 2 aromatic rings. The molecular weight excluding hydrogens is 353 g/mol. The molecular formula is C18H22N3O4P. The van der Waals surface area contributed by atoms with Gasteiger partial charge in [0.2, 0.25) is 0 Å². The largest absolute Gasteiger partial charge is 0.372 e. The average Bonchev–Trinajstić information content (AvgIpc) is 2.70. The molecule has 0 N–H and O–H groups in total. The number of benzene rings is 2. The van der Waals surface area contributed by atoms with E-state index in [1.165, 1.54) is 14.2 Å². The van der Waals surface area contributed by atoms with Gasteiger partial charge < -0.3 is 13.8 Å². The molecule has 0 amide bonds. The van der Waals surface area contributed by atoms with Crippen molar-refractivity contribution in [2.24, 2.45) is 5.11 Å². The van der Waals surface area contributed by atoms with Crippen LogP contribution in [0.15, 0.2) is 65.8 Å². The predicted octanol–water partition coefficient (Wildman–Crippen LogP) is 4.94. The van der Waals surface area contributed by atoms with E-state index in [0.717, 1.165) is 11.1 Å². The third-order valence-electron chi connectivity index (χ3n) is 3.92. The summed E-state index contributed by atoms with van der Waals surface area (Å²) in [6.07, 6.45) is -0.284. The first-order valence-corrected chi connectivity index (χ1v) is 9.69. The van der Waals surface area contributed by atoms with E-state index in [0.29, 0.717) is 6.42 Å². The highest BCUT2D eigenvalue weighted by Crippen LogP contribution is 2.54. The van der Waals surface area contributed by atoms with Crippen LogP contribution in [0.5, 0.6) is 0 Å². The van der Waals surface area contributed by atoms with Crippen LogP contribution in [0.3, 0.4) is 0 Å². The number of hydrogen-bond donors (Lipinski definition) is 0. The van der Waals surface area contributed by atoms with Gasteiger partial charge in [0, 0.05) is 19.1 Å². The molecule has 2 rings (SSSR count). The lowest BCUT2D eigenvalue weighted by Gasteiger charge is -2.28. The van der Waals surface area contributed by atoms with Gasteiger partial charge in [0.15, 0.2) is 5.78 Å². The molecule has 0 bridgehead atoms.